The molecule has 0 fully saturated rings. The lowest BCUT2D eigenvalue weighted by Gasteiger charge is -1.97. The van der Waals surface area contributed by atoms with Gasteiger partial charge >= 0.3 is 0 Å². The summed E-state index contributed by atoms with van der Waals surface area (Å²) >= 11 is 0. The lowest BCUT2D eigenvalue weighted by Crippen LogP contribution is -2.07. The molecule has 1 unspecified atom stereocenters. The molecule has 0 radical (unpaired) electrons. The summed E-state index contributed by atoms with van der Waals surface area (Å²) in [6, 6.07) is 5.83. The Morgan fingerprint density at radius 1 is 1.44 bits per heavy atom. The minimum atomic E-state index is -0.853. The second kappa shape index (κ2) is 5.23. The predicted octanol–water partition coefficient (Wildman–Crippen LogP) is 0.932. The van der Waals surface area contributed by atoms with Gasteiger partial charge in [-0.15, -0.1) is 0 Å². The molecule has 4 nitrogen and oxygen atoms in total. The molecule has 2 heterocycles. The minimum Gasteiger partial charge on any atom is -0.330 e. The monoisotopic (exact) mass is 237 g/mol. The molecule has 16 heavy (non-hydrogen) atoms. The zero-order valence-corrected chi connectivity index (χ0v) is 9.82. The van der Waals surface area contributed by atoms with Crippen molar-refractivity contribution in [1.29, 1.82) is 0 Å². The highest BCUT2D eigenvalue weighted by Crippen LogP contribution is 2.07. The number of imidazole rings is 1. The van der Waals surface area contributed by atoms with E-state index in [-0.39, 0.29) is 0 Å². The van der Waals surface area contributed by atoms with E-state index in [0.717, 1.165) is 17.8 Å². The minimum absolute atomic E-state index is 0.516. The largest absolute Gasteiger partial charge is 0.330 e. The molecule has 2 N–H and O–H groups in total. The van der Waals surface area contributed by atoms with Crippen LogP contribution in [-0.4, -0.2) is 25.9 Å². The molecule has 0 saturated heterocycles. The Morgan fingerprint density at radius 3 is 3.06 bits per heavy atom. The van der Waals surface area contributed by atoms with E-state index in [0.29, 0.717) is 18.1 Å². The van der Waals surface area contributed by atoms with E-state index in [4.69, 9.17) is 5.73 Å². The van der Waals surface area contributed by atoms with Crippen LogP contribution in [0.15, 0.2) is 30.6 Å². The molecule has 2 aromatic heterocycles. The van der Waals surface area contributed by atoms with Crippen molar-refractivity contribution in [3.8, 4) is 0 Å². The number of pyridine rings is 1. The van der Waals surface area contributed by atoms with Crippen LogP contribution in [0.25, 0.3) is 5.65 Å². The molecule has 2 rings (SSSR count). The molecule has 0 amide bonds. The van der Waals surface area contributed by atoms with Crippen LogP contribution in [0, 0.1) is 0 Å². The number of hydrogen-bond donors (Lipinski definition) is 1. The van der Waals surface area contributed by atoms with Crippen molar-refractivity contribution >= 4 is 16.4 Å². The average molecular weight is 237 g/mol. The van der Waals surface area contributed by atoms with Gasteiger partial charge in [-0.05, 0) is 25.1 Å². The van der Waals surface area contributed by atoms with Gasteiger partial charge in [0.25, 0.3) is 0 Å². The fourth-order valence-electron chi connectivity index (χ4n) is 1.54. The van der Waals surface area contributed by atoms with Crippen LogP contribution in [0.3, 0.4) is 0 Å². The van der Waals surface area contributed by atoms with Gasteiger partial charge in [0.1, 0.15) is 5.65 Å². The van der Waals surface area contributed by atoms with Crippen LogP contribution in [0.4, 0.5) is 0 Å². The summed E-state index contributed by atoms with van der Waals surface area (Å²) in [5.41, 5.74) is 7.15. The van der Waals surface area contributed by atoms with Crippen molar-refractivity contribution in [3.05, 3.63) is 36.3 Å². The molecule has 0 aliphatic heterocycles. The third kappa shape index (κ3) is 2.68. The van der Waals surface area contributed by atoms with Crippen LogP contribution < -0.4 is 5.73 Å². The molecular weight excluding hydrogens is 222 g/mol. The Balaban J connectivity index is 2.07. The molecule has 0 aliphatic carbocycles. The number of aromatic nitrogens is 2. The molecule has 0 bridgehead atoms. The normalized spacial score (nSPS) is 13.1. The van der Waals surface area contributed by atoms with Crippen molar-refractivity contribution in [1.82, 2.24) is 9.38 Å². The quantitative estimate of drug-likeness (QED) is 0.841. The van der Waals surface area contributed by atoms with Gasteiger partial charge < -0.3 is 10.1 Å². The highest BCUT2D eigenvalue weighted by Gasteiger charge is 2.05. The molecule has 2 aromatic rings. The fourth-order valence-corrected chi connectivity index (χ4v) is 2.64. The Morgan fingerprint density at radius 2 is 2.31 bits per heavy atom. The van der Waals surface area contributed by atoms with E-state index >= 15 is 0 Å². The third-order valence-electron chi connectivity index (χ3n) is 2.30. The zero-order valence-electron chi connectivity index (χ0n) is 9.00. The summed E-state index contributed by atoms with van der Waals surface area (Å²) in [7, 11) is -0.853. The van der Waals surface area contributed by atoms with E-state index in [2.05, 4.69) is 4.98 Å². The van der Waals surface area contributed by atoms with Crippen molar-refractivity contribution in [2.75, 3.05) is 12.3 Å². The SMILES string of the molecule is NCCCS(=O)Cc1cn2ccccc2n1. The molecule has 86 valence electrons. The van der Waals surface area contributed by atoms with Gasteiger partial charge in [-0.25, -0.2) is 4.98 Å². The number of nitrogens with two attached hydrogens (primary N) is 1. The van der Waals surface area contributed by atoms with E-state index < -0.39 is 10.8 Å². The number of hydrogen-bond acceptors (Lipinski definition) is 3. The maximum Gasteiger partial charge on any atom is 0.137 e. The maximum absolute atomic E-state index is 11.7. The zero-order chi connectivity index (χ0) is 11.4. The number of nitrogens with zero attached hydrogens (tertiary/aromatic N) is 2. The lowest BCUT2D eigenvalue weighted by atomic mass is 10.5. The van der Waals surface area contributed by atoms with Gasteiger partial charge in [0, 0.05) is 28.9 Å². The summed E-state index contributed by atoms with van der Waals surface area (Å²) in [4.78, 5) is 4.40. The fraction of sp³-hybridized carbons (Fsp3) is 0.364. The summed E-state index contributed by atoms with van der Waals surface area (Å²) < 4.78 is 13.6. The third-order valence-corrected chi connectivity index (χ3v) is 3.66. The van der Waals surface area contributed by atoms with Crippen molar-refractivity contribution in [2.24, 2.45) is 5.73 Å². The highest BCUT2D eigenvalue weighted by atomic mass is 32.2. The molecule has 0 spiro atoms. The van der Waals surface area contributed by atoms with E-state index in [1.165, 1.54) is 0 Å². The van der Waals surface area contributed by atoms with Gasteiger partial charge in [-0.2, -0.15) is 0 Å². The van der Waals surface area contributed by atoms with Crippen LogP contribution in [0.1, 0.15) is 12.1 Å². The first-order valence-corrected chi connectivity index (χ1v) is 6.76. The first-order valence-electron chi connectivity index (χ1n) is 5.27. The molecular formula is C11H15N3OS. The van der Waals surface area contributed by atoms with Crippen molar-refractivity contribution in [3.63, 3.8) is 0 Å². The van der Waals surface area contributed by atoms with Crippen molar-refractivity contribution in [2.45, 2.75) is 12.2 Å². The molecule has 0 aliphatic rings. The van der Waals surface area contributed by atoms with Crippen LogP contribution >= 0.6 is 0 Å². The Labute approximate surface area is 96.9 Å². The summed E-state index contributed by atoms with van der Waals surface area (Å²) in [6.07, 6.45) is 4.67. The van der Waals surface area contributed by atoms with Crippen molar-refractivity contribution < 1.29 is 4.21 Å². The number of fused-ring (bicyclic) bond motifs is 1. The van der Waals surface area contributed by atoms with E-state index in [1.807, 2.05) is 35.0 Å². The van der Waals surface area contributed by atoms with Crippen LogP contribution in [0.2, 0.25) is 0 Å². The first kappa shape index (κ1) is 11.3. The summed E-state index contributed by atoms with van der Waals surface area (Å²) in [6.45, 7) is 0.594. The van der Waals surface area contributed by atoms with Gasteiger partial charge in [0.05, 0.1) is 11.4 Å². The maximum atomic E-state index is 11.7. The predicted molar refractivity (Wildman–Crippen MR) is 65.6 cm³/mol. The van der Waals surface area contributed by atoms with Gasteiger partial charge in [0.2, 0.25) is 0 Å². The lowest BCUT2D eigenvalue weighted by molar-refractivity contribution is 0.679. The first-order chi connectivity index (χ1) is 7.79. The van der Waals surface area contributed by atoms with E-state index in [9.17, 15) is 4.21 Å². The average Bonchev–Trinajstić information content (AvgIpc) is 2.68. The van der Waals surface area contributed by atoms with E-state index in [1.54, 1.807) is 0 Å². The molecule has 5 heteroatoms. The Kier molecular flexibility index (Phi) is 3.69. The van der Waals surface area contributed by atoms with Gasteiger partial charge in [-0.1, -0.05) is 6.07 Å². The second-order valence-corrected chi connectivity index (χ2v) is 5.21. The van der Waals surface area contributed by atoms with Gasteiger partial charge in [-0.3, -0.25) is 4.21 Å². The Bertz CT molecular complexity index is 462. The second-order valence-electron chi connectivity index (χ2n) is 3.63. The number of rotatable bonds is 5. The highest BCUT2D eigenvalue weighted by molar-refractivity contribution is 7.84. The topological polar surface area (TPSA) is 60.4 Å². The smallest absolute Gasteiger partial charge is 0.137 e. The standard InChI is InChI=1S/C11H15N3OS/c12-5-3-7-16(15)9-10-8-14-6-2-1-4-11(14)13-10/h1-2,4,6,8H,3,5,7,9,12H2. The Hall–Kier alpha value is -1.20. The van der Waals surface area contributed by atoms with Crippen LogP contribution in [-0.2, 0) is 16.6 Å². The molecule has 1 atom stereocenters. The molecule has 0 aromatic carbocycles. The summed E-state index contributed by atoms with van der Waals surface area (Å²) in [5.74, 6) is 1.17. The van der Waals surface area contributed by atoms with Crippen LogP contribution in [0.5, 0.6) is 0 Å². The summed E-state index contributed by atoms with van der Waals surface area (Å²) in [5, 5.41) is 0. The molecule has 0 saturated carbocycles. The van der Waals surface area contributed by atoms with Gasteiger partial charge in [0.15, 0.2) is 0 Å².